The molecule has 1 atom stereocenters. The van der Waals surface area contributed by atoms with Crippen molar-refractivity contribution in [3.8, 4) is 5.75 Å². The van der Waals surface area contributed by atoms with Gasteiger partial charge in [-0.2, -0.15) is 0 Å². The number of nitrogens with one attached hydrogen (secondary N) is 1. The number of nitrogens with two attached hydrogens (primary N) is 1. The molecule has 0 radical (unpaired) electrons. The number of guanidine groups is 1. The number of para-hydroxylation sites is 2. The Morgan fingerprint density at radius 2 is 1.85 bits per heavy atom. The predicted molar refractivity (Wildman–Crippen MR) is 110 cm³/mol. The molecule has 4 rings (SSSR count). The number of anilines is 1. The van der Waals surface area contributed by atoms with Crippen LogP contribution in [0.25, 0.3) is 0 Å². The highest BCUT2D eigenvalue weighted by Gasteiger charge is 2.21. The zero-order valence-electron chi connectivity index (χ0n) is 15.7. The van der Waals surface area contributed by atoms with Gasteiger partial charge in [-0.15, -0.1) is 0 Å². The van der Waals surface area contributed by atoms with Gasteiger partial charge in [0.15, 0.2) is 5.96 Å². The number of nitrogens with zero attached hydrogens (tertiary/aromatic N) is 2. The average molecular weight is 364 g/mol. The first kappa shape index (κ1) is 17.7. The third kappa shape index (κ3) is 4.18. The van der Waals surface area contributed by atoms with E-state index in [9.17, 15) is 0 Å². The molecule has 0 spiro atoms. The van der Waals surface area contributed by atoms with Crippen LogP contribution in [-0.4, -0.2) is 25.7 Å². The molecule has 5 nitrogen and oxygen atoms in total. The van der Waals surface area contributed by atoms with Crippen molar-refractivity contribution in [2.45, 2.75) is 38.3 Å². The maximum atomic E-state index is 6.22. The van der Waals surface area contributed by atoms with Crippen LogP contribution >= 0.6 is 0 Å². The van der Waals surface area contributed by atoms with Crippen LogP contribution in [0.3, 0.4) is 0 Å². The molecule has 142 valence electrons. The van der Waals surface area contributed by atoms with Crippen molar-refractivity contribution in [2.24, 2.45) is 10.7 Å². The quantitative estimate of drug-likeness (QED) is 0.643. The van der Waals surface area contributed by atoms with Gasteiger partial charge in [0.25, 0.3) is 0 Å². The third-order valence-electron chi connectivity index (χ3n) is 5.39. The van der Waals surface area contributed by atoms with E-state index in [2.05, 4.69) is 45.5 Å². The van der Waals surface area contributed by atoms with E-state index in [-0.39, 0.29) is 6.04 Å². The van der Waals surface area contributed by atoms with Crippen LogP contribution in [0.5, 0.6) is 5.75 Å². The number of hydrogen-bond donors (Lipinski definition) is 2. The molecule has 1 saturated heterocycles. The Kier molecular flexibility index (Phi) is 5.47. The molecule has 0 bridgehead atoms. The Morgan fingerprint density at radius 3 is 2.74 bits per heavy atom. The Balaban J connectivity index is 1.45. The molecule has 0 saturated carbocycles. The summed E-state index contributed by atoms with van der Waals surface area (Å²) in [4.78, 5) is 7.11. The van der Waals surface area contributed by atoms with Crippen molar-refractivity contribution in [1.82, 2.24) is 5.32 Å². The number of hydrogen-bond acceptors (Lipinski definition) is 3. The molecule has 3 N–H and O–H groups in total. The number of fused-ring (bicyclic) bond motifs is 1. The van der Waals surface area contributed by atoms with Crippen molar-refractivity contribution in [1.29, 1.82) is 0 Å². The third-order valence-corrected chi connectivity index (χ3v) is 5.39. The van der Waals surface area contributed by atoms with E-state index in [1.54, 1.807) is 0 Å². The minimum Gasteiger partial charge on any atom is -0.493 e. The molecule has 27 heavy (non-hydrogen) atoms. The second kappa shape index (κ2) is 8.33. The average Bonchev–Trinajstić information content (AvgIpc) is 2.73. The minimum atomic E-state index is 0.149. The minimum absolute atomic E-state index is 0.149. The summed E-state index contributed by atoms with van der Waals surface area (Å²) in [7, 11) is 0. The first-order valence-corrected chi connectivity index (χ1v) is 9.92. The van der Waals surface area contributed by atoms with Gasteiger partial charge in [-0.25, -0.2) is 4.99 Å². The van der Waals surface area contributed by atoms with E-state index in [0.717, 1.165) is 30.8 Å². The second-order valence-electron chi connectivity index (χ2n) is 7.25. The standard InChI is InChI=1S/C22H28N4O/c23-22(25-19-12-15-27-21-11-5-3-9-18(19)21)24-16-17-8-2-4-10-20(17)26-13-6-1-7-14-26/h2-5,8-11,19H,1,6-7,12-16H2,(H3,23,24,25). The summed E-state index contributed by atoms with van der Waals surface area (Å²) >= 11 is 0. The van der Waals surface area contributed by atoms with E-state index in [4.69, 9.17) is 10.5 Å². The Labute approximate surface area is 161 Å². The number of piperidine rings is 1. The second-order valence-corrected chi connectivity index (χ2v) is 7.25. The van der Waals surface area contributed by atoms with Crippen LogP contribution < -0.4 is 20.7 Å². The van der Waals surface area contributed by atoms with E-state index >= 15 is 0 Å². The van der Waals surface area contributed by atoms with Gasteiger partial charge in [0.1, 0.15) is 5.75 Å². The summed E-state index contributed by atoms with van der Waals surface area (Å²) in [5, 5.41) is 3.38. The predicted octanol–water partition coefficient (Wildman–Crippen LogP) is 3.61. The van der Waals surface area contributed by atoms with Gasteiger partial charge in [-0.1, -0.05) is 36.4 Å². The fraction of sp³-hybridized carbons (Fsp3) is 0.409. The SMILES string of the molecule is NC(=NCc1ccccc1N1CCCCC1)NC1CCOc2ccccc21. The van der Waals surface area contributed by atoms with Crippen molar-refractivity contribution in [2.75, 3.05) is 24.6 Å². The molecule has 2 aromatic rings. The summed E-state index contributed by atoms with van der Waals surface area (Å²) < 4.78 is 5.72. The number of ether oxygens (including phenoxy) is 1. The topological polar surface area (TPSA) is 62.9 Å². The molecular formula is C22H28N4O. The number of benzene rings is 2. The fourth-order valence-corrected chi connectivity index (χ4v) is 3.97. The Bertz CT molecular complexity index is 798. The van der Waals surface area contributed by atoms with Crippen molar-refractivity contribution in [3.63, 3.8) is 0 Å². The van der Waals surface area contributed by atoms with Crippen LogP contribution in [-0.2, 0) is 6.54 Å². The summed E-state index contributed by atoms with van der Waals surface area (Å²) in [5.41, 5.74) is 9.90. The van der Waals surface area contributed by atoms with Gasteiger partial charge in [-0.3, -0.25) is 0 Å². The fourth-order valence-electron chi connectivity index (χ4n) is 3.97. The van der Waals surface area contributed by atoms with Gasteiger partial charge in [-0.05, 0) is 37.0 Å². The number of aliphatic imine (C=N–C) groups is 1. The molecular weight excluding hydrogens is 336 g/mol. The zero-order chi connectivity index (χ0) is 18.5. The molecule has 2 heterocycles. The zero-order valence-corrected chi connectivity index (χ0v) is 15.7. The molecule has 1 unspecified atom stereocenters. The number of rotatable bonds is 4. The van der Waals surface area contributed by atoms with Gasteiger partial charge in [0.05, 0.1) is 19.2 Å². The van der Waals surface area contributed by atoms with Gasteiger partial charge < -0.3 is 20.7 Å². The van der Waals surface area contributed by atoms with Crippen LogP contribution in [0.15, 0.2) is 53.5 Å². The van der Waals surface area contributed by atoms with Crippen molar-refractivity contribution in [3.05, 3.63) is 59.7 Å². The van der Waals surface area contributed by atoms with Crippen LogP contribution in [0.2, 0.25) is 0 Å². The highest BCUT2D eigenvalue weighted by atomic mass is 16.5. The molecule has 0 aromatic heterocycles. The molecule has 2 aromatic carbocycles. The molecule has 0 aliphatic carbocycles. The maximum absolute atomic E-state index is 6.22. The van der Waals surface area contributed by atoms with Crippen LogP contribution in [0, 0.1) is 0 Å². The van der Waals surface area contributed by atoms with E-state index in [0.29, 0.717) is 19.1 Å². The van der Waals surface area contributed by atoms with Gasteiger partial charge in [0, 0.05) is 30.8 Å². The van der Waals surface area contributed by atoms with E-state index in [1.807, 2.05) is 18.2 Å². The smallest absolute Gasteiger partial charge is 0.189 e. The van der Waals surface area contributed by atoms with Gasteiger partial charge in [0.2, 0.25) is 0 Å². The molecule has 2 aliphatic rings. The highest BCUT2D eigenvalue weighted by Crippen LogP contribution is 2.31. The monoisotopic (exact) mass is 364 g/mol. The molecule has 5 heteroatoms. The first-order valence-electron chi connectivity index (χ1n) is 9.92. The largest absolute Gasteiger partial charge is 0.493 e. The highest BCUT2D eigenvalue weighted by molar-refractivity contribution is 5.78. The molecule has 2 aliphatic heterocycles. The Morgan fingerprint density at radius 1 is 1.07 bits per heavy atom. The molecule has 1 fully saturated rings. The van der Waals surface area contributed by atoms with Crippen molar-refractivity contribution >= 4 is 11.6 Å². The maximum Gasteiger partial charge on any atom is 0.189 e. The normalized spacial score (nSPS) is 19.9. The summed E-state index contributed by atoms with van der Waals surface area (Å²) in [6, 6.07) is 16.8. The summed E-state index contributed by atoms with van der Waals surface area (Å²) in [5.74, 6) is 1.43. The first-order chi connectivity index (χ1) is 13.3. The molecule has 0 amide bonds. The van der Waals surface area contributed by atoms with Crippen LogP contribution in [0.4, 0.5) is 5.69 Å². The van der Waals surface area contributed by atoms with Crippen molar-refractivity contribution < 1.29 is 4.74 Å². The van der Waals surface area contributed by atoms with E-state index < -0.39 is 0 Å². The lowest BCUT2D eigenvalue weighted by molar-refractivity contribution is 0.262. The van der Waals surface area contributed by atoms with Gasteiger partial charge >= 0.3 is 0 Å². The lowest BCUT2D eigenvalue weighted by Gasteiger charge is -2.30. The Hall–Kier alpha value is -2.69. The lowest BCUT2D eigenvalue weighted by Crippen LogP contribution is -2.37. The summed E-state index contributed by atoms with van der Waals surface area (Å²) in [6.45, 7) is 3.55. The van der Waals surface area contributed by atoms with E-state index in [1.165, 1.54) is 30.5 Å². The van der Waals surface area contributed by atoms with Crippen LogP contribution in [0.1, 0.15) is 42.9 Å². The summed E-state index contributed by atoms with van der Waals surface area (Å²) in [6.07, 6.45) is 4.76. The lowest BCUT2D eigenvalue weighted by atomic mass is 10.0.